The molecule has 0 aliphatic carbocycles. The molecule has 0 aliphatic heterocycles. The molecule has 6 nitrogen and oxygen atoms in total. The van der Waals surface area contributed by atoms with Crippen LogP contribution in [0.25, 0.3) is 0 Å². The van der Waals surface area contributed by atoms with Crippen LogP contribution in [0.2, 0.25) is 0 Å². The van der Waals surface area contributed by atoms with E-state index in [2.05, 4.69) is 59.4 Å². The second-order valence-corrected chi connectivity index (χ2v) is 9.42. The summed E-state index contributed by atoms with van der Waals surface area (Å²) >= 11 is 3.53. The molecule has 3 aromatic rings. The Bertz CT molecular complexity index is 1120. The molecule has 0 saturated carbocycles. The van der Waals surface area contributed by atoms with E-state index in [-0.39, 0.29) is 11.3 Å². The first kappa shape index (κ1) is 25.3. The molecule has 3 rings (SSSR count). The van der Waals surface area contributed by atoms with Crippen molar-refractivity contribution in [1.29, 1.82) is 0 Å². The minimum absolute atomic E-state index is 0.106. The summed E-state index contributed by atoms with van der Waals surface area (Å²) in [5, 5.41) is 4.03. The molecule has 178 valence electrons. The van der Waals surface area contributed by atoms with Crippen LogP contribution in [0, 0.1) is 0 Å². The first-order valence-corrected chi connectivity index (χ1v) is 11.7. The van der Waals surface area contributed by atoms with Crippen molar-refractivity contribution in [3.63, 3.8) is 0 Å². The lowest BCUT2D eigenvalue weighted by Crippen LogP contribution is -2.17. The maximum absolute atomic E-state index is 12.1. The Kier molecular flexibility index (Phi) is 8.71. The van der Waals surface area contributed by atoms with E-state index in [1.807, 2.05) is 24.3 Å². The molecule has 0 bridgehead atoms. The highest BCUT2D eigenvalue weighted by molar-refractivity contribution is 9.10. The third kappa shape index (κ3) is 7.09. The first-order chi connectivity index (χ1) is 16.3. The maximum Gasteiger partial charge on any atom is 0.271 e. The fourth-order valence-corrected chi connectivity index (χ4v) is 3.70. The lowest BCUT2D eigenvalue weighted by atomic mass is 9.87. The molecule has 0 radical (unpaired) electrons. The molecular weight excluding hydrogens is 496 g/mol. The molecule has 0 heterocycles. The number of nitrogens with one attached hydrogen (secondary N) is 1. The van der Waals surface area contributed by atoms with Gasteiger partial charge in [-0.3, -0.25) is 4.79 Å². The Morgan fingerprint density at radius 1 is 1.00 bits per heavy atom. The van der Waals surface area contributed by atoms with Gasteiger partial charge in [-0.2, -0.15) is 5.10 Å². The van der Waals surface area contributed by atoms with E-state index in [0.717, 1.165) is 11.3 Å². The van der Waals surface area contributed by atoms with Gasteiger partial charge in [0.15, 0.2) is 11.5 Å². The molecule has 3 aromatic carbocycles. The quantitative estimate of drug-likeness (QED) is 0.212. The van der Waals surface area contributed by atoms with Crippen LogP contribution in [0.5, 0.6) is 17.2 Å². The Morgan fingerprint density at radius 2 is 1.68 bits per heavy atom. The van der Waals surface area contributed by atoms with Crippen LogP contribution in [0.15, 0.2) is 76.3 Å². The topological polar surface area (TPSA) is 69.2 Å². The molecule has 0 atom stereocenters. The summed E-state index contributed by atoms with van der Waals surface area (Å²) in [4.78, 5) is 12.1. The molecule has 0 fully saturated rings. The molecule has 0 spiro atoms. The molecule has 1 amide bonds. The minimum Gasteiger partial charge on any atom is -0.493 e. The van der Waals surface area contributed by atoms with Crippen LogP contribution in [-0.4, -0.2) is 32.4 Å². The van der Waals surface area contributed by atoms with E-state index in [1.54, 1.807) is 43.7 Å². The average molecular weight is 525 g/mol. The molecule has 7 heteroatoms. The second kappa shape index (κ2) is 11.7. The SMILES string of the molecule is COc1cc(/C=N\NC(=O)c2ccccc2)cc(Br)c1OCCOc1ccc(C(C)(C)C)cc1. The Morgan fingerprint density at radius 3 is 2.32 bits per heavy atom. The van der Waals surface area contributed by atoms with Gasteiger partial charge in [-0.05, 0) is 68.9 Å². The number of hydrogen-bond donors (Lipinski definition) is 1. The van der Waals surface area contributed by atoms with Crippen molar-refractivity contribution in [2.24, 2.45) is 5.10 Å². The Labute approximate surface area is 209 Å². The van der Waals surface area contributed by atoms with E-state index in [0.29, 0.717) is 34.7 Å². The predicted molar refractivity (Wildman–Crippen MR) is 138 cm³/mol. The van der Waals surface area contributed by atoms with Crippen molar-refractivity contribution >= 4 is 28.1 Å². The van der Waals surface area contributed by atoms with Gasteiger partial charge in [0.2, 0.25) is 0 Å². The third-order valence-electron chi connectivity index (χ3n) is 4.99. The highest BCUT2D eigenvalue weighted by atomic mass is 79.9. The number of carbonyl (C=O) groups is 1. The molecule has 34 heavy (non-hydrogen) atoms. The predicted octanol–water partition coefficient (Wildman–Crippen LogP) is 5.98. The number of hydrazone groups is 1. The van der Waals surface area contributed by atoms with E-state index in [1.165, 1.54) is 5.56 Å². The minimum atomic E-state index is -0.282. The summed E-state index contributed by atoms with van der Waals surface area (Å²) in [6.07, 6.45) is 1.54. The van der Waals surface area contributed by atoms with Crippen molar-refractivity contribution in [3.05, 3.63) is 87.9 Å². The lowest BCUT2D eigenvalue weighted by Gasteiger charge is -2.19. The second-order valence-electron chi connectivity index (χ2n) is 8.57. The van der Waals surface area contributed by atoms with E-state index in [9.17, 15) is 4.79 Å². The number of nitrogens with zero attached hydrogens (tertiary/aromatic N) is 1. The van der Waals surface area contributed by atoms with Gasteiger partial charge in [0, 0.05) is 5.56 Å². The highest BCUT2D eigenvalue weighted by Gasteiger charge is 2.14. The molecule has 1 N–H and O–H groups in total. The van der Waals surface area contributed by atoms with E-state index >= 15 is 0 Å². The number of benzene rings is 3. The molecule has 0 aliphatic rings. The molecule has 0 aromatic heterocycles. The number of amides is 1. The average Bonchev–Trinajstić information content (AvgIpc) is 2.82. The maximum atomic E-state index is 12.1. The fourth-order valence-electron chi connectivity index (χ4n) is 3.13. The summed E-state index contributed by atoms with van der Waals surface area (Å²) in [5.74, 6) is 1.63. The van der Waals surface area contributed by atoms with Crippen molar-refractivity contribution in [2.45, 2.75) is 26.2 Å². The van der Waals surface area contributed by atoms with Crippen LogP contribution < -0.4 is 19.6 Å². The number of hydrogen-bond acceptors (Lipinski definition) is 5. The largest absolute Gasteiger partial charge is 0.493 e. The van der Waals surface area contributed by atoms with Crippen molar-refractivity contribution < 1.29 is 19.0 Å². The summed E-state index contributed by atoms with van der Waals surface area (Å²) in [5.41, 5.74) is 5.15. The lowest BCUT2D eigenvalue weighted by molar-refractivity contribution is 0.0955. The molecule has 0 unspecified atom stereocenters. The zero-order chi connectivity index (χ0) is 24.6. The summed E-state index contributed by atoms with van der Waals surface area (Å²) in [6, 6.07) is 20.6. The van der Waals surface area contributed by atoms with Crippen LogP contribution in [0.4, 0.5) is 0 Å². The summed E-state index contributed by atoms with van der Waals surface area (Å²) in [6.45, 7) is 7.27. The molecular formula is C27H29BrN2O4. The van der Waals surface area contributed by atoms with E-state index in [4.69, 9.17) is 14.2 Å². The van der Waals surface area contributed by atoms with Gasteiger partial charge in [0.1, 0.15) is 19.0 Å². The van der Waals surface area contributed by atoms with Gasteiger partial charge < -0.3 is 14.2 Å². The number of halogens is 1. The number of methoxy groups -OCH3 is 1. The summed E-state index contributed by atoms with van der Waals surface area (Å²) < 4.78 is 17.9. The van der Waals surface area contributed by atoms with Crippen molar-refractivity contribution in [2.75, 3.05) is 20.3 Å². The van der Waals surface area contributed by atoms with Crippen LogP contribution in [0.1, 0.15) is 42.3 Å². The van der Waals surface area contributed by atoms with Crippen LogP contribution in [0.3, 0.4) is 0 Å². The third-order valence-corrected chi connectivity index (χ3v) is 5.58. The van der Waals surface area contributed by atoms with Gasteiger partial charge in [0.25, 0.3) is 5.91 Å². The van der Waals surface area contributed by atoms with Gasteiger partial charge in [0.05, 0.1) is 17.8 Å². The monoisotopic (exact) mass is 524 g/mol. The Balaban J connectivity index is 1.55. The zero-order valence-electron chi connectivity index (χ0n) is 19.8. The van der Waals surface area contributed by atoms with Crippen molar-refractivity contribution in [3.8, 4) is 17.2 Å². The standard InChI is InChI=1S/C27H29BrN2O4/c1-27(2,3)21-10-12-22(13-11-21)33-14-15-34-25-23(28)16-19(17-24(25)32-4)18-29-30-26(31)20-8-6-5-7-9-20/h5-13,16-18H,14-15H2,1-4H3,(H,30,31)/b29-18-. The van der Waals surface area contributed by atoms with Gasteiger partial charge >= 0.3 is 0 Å². The van der Waals surface area contributed by atoms with Gasteiger partial charge in [-0.25, -0.2) is 5.43 Å². The van der Waals surface area contributed by atoms with E-state index < -0.39 is 0 Å². The van der Waals surface area contributed by atoms with Crippen LogP contribution >= 0.6 is 15.9 Å². The number of ether oxygens (including phenoxy) is 3. The zero-order valence-corrected chi connectivity index (χ0v) is 21.4. The summed E-state index contributed by atoms with van der Waals surface area (Å²) in [7, 11) is 1.57. The number of carbonyl (C=O) groups excluding carboxylic acids is 1. The normalized spacial score (nSPS) is 11.3. The van der Waals surface area contributed by atoms with Crippen LogP contribution in [-0.2, 0) is 5.41 Å². The number of rotatable bonds is 9. The first-order valence-electron chi connectivity index (χ1n) is 10.9. The smallest absolute Gasteiger partial charge is 0.271 e. The highest BCUT2D eigenvalue weighted by Crippen LogP contribution is 2.36. The van der Waals surface area contributed by atoms with Crippen molar-refractivity contribution in [1.82, 2.24) is 5.43 Å². The van der Waals surface area contributed by atoms with Gasteiger partial charge in [-0.15, -0.1) is 0 Å². The Hall–Kier alpha value is -3.32. The molecule has 0 saturated heterocycles. The fraction of sp³-hybridized carbons (Fsp3) is 0.259. The van der Waals surface area contributed by atoms with Gasteiger partial charge in [-0.1, -0.05) is 51.1 Å².